The molecule has 0 aliphatic heterocycles. The number of hydrogen-bond acceptors (Lipinski definition) is 5. The first kappa shape index (κ1) is 22.3. The summed E-state index contributed by atoms with van der Waals surface area (Å²) in [7, 11) is -3.88. The third-order valence-corrected chi connectivity index (χ3v) is 7.43. The zero-order valence-corrected chi connectivity index (χ0v) is 19.0. The van der Waals surface area contributed by atoms with Crippen molar-refractivity contribution in [1.82, 2.24) is 14.8 Å². The van der Waals surface area contributed by atoms with E-state index in [1.165, 1.54) is 17.3 Å². The summed E-state index contributed by atoms with van der Waals surface area (Å²) in [4.78, 5) is 3.92. The number of sulfone groups is 1. The number of aromatic nitrogens is 3. The predicted octanol–water partition coefficient (Wildman–Crippen LogP) is 5.30. The van der Waals surface area contributed by atoms with Crippen molar-refractivity contribution in [1.29, 1.82) is 0 Å². The zero-order chi connectivity index (χ0) is 21.9. The molecule has 30 heavy (non-hydrogen) atoms. The van der Waals surface area contributed by atoms with Crippen molar-refractivity contribution in [2.24, 2.45) is 0 Å². The van der Waals surface area contributed by atoms with Crippen molar-refractivity contribution in [3.63, 3.8) is 0 Å². The first-order valence-corrected chi connectivity index (χ1v) is 11.3. The summed E-state index contributed by atoms with van der Waals surface area (Å²) in [6.45, 7) is 4.92. The average molecular weight is 466 g/mol. The summed E-state index contributed by atoms with van der Waals surface area (Å²) < 4.78 is 33.2. The highest BCUT2D eigenvalue weighted by atomic mass is 35.5. The van der Waals surface area contributed by atoms with E-state index < -0.39 is 14.6 Å². The van der Waals surface area contributed by atoms with Gasteiger partial charge < -0.3 is 4.74 Å². The molecule has 0 saturated heterocycles. The lowest BCUT2D eigenvalue weighted by molar-refractivity contribution is 0.265. The molecular formula is C21H21Cl2N3O3S. The molecule has 3 rings (SSSR count). The van der Waals surface area contributed by atoms with Gasteiger partial charge in [-0.2, -0.15) is 5.10 Å². The molecule has 0 fully saturated rings. The van der Waals surface area contributed by atoms with Gasteiger partial charge >= 0.3 is 0 Å². The molecule has 0 unspecified atom stereocenters. The van der Waals surface area contributed by atoms with Gasteiger partial charge in [0.05, 0.1) is 4.75 Å². The van der Waals surface area contributed by atoms with Crippen molar-refractivity contribution in [2.75, 3.05) is 0 Å². The Labute approximate surface area is 186 Å². The number of halogens is 2. The highest BCUT2D eigenvalue weighted by Crippen LogP contribution is 2.35. The minimum atomic E-state index is -3.88. The van der Waals surface area contributed by atoms with E-state index in [-0.39, 0.29) is 17.4 Å². The van der Waals surface area contributed by atoms with Crippen molar-refractivity contribution in [3.8, 4) is 0 Å². The zero-order valence-electron chi connectivity index (χ0n) is 16.7. The first-order chi connectivity index (χ1) is 14.1. The Hall–Kier alpha value is -2.35. The molecule has 1 heterocycles. The van der Waals surface area contributed by atoms with Gasteiger partial charge in [-0.1, -0.05) is 41.4 Å². The minimum Gasteiger partial charge on any atom is -0.485 e. The molecule has 0 radical (unpaired) electrons. The maximum Gasteiger partial charge on any atom is 0.204 e. The smallest absolute Gasteiger partial charge is 0.204 e. The molecular weight excluding hydrogens is 445 g/mol. The molecule has 9 heteroatoms. The molecule has 0 saturated carbocycles. The van der Waals surface area contributed by atoms with Gasteiger partial charge in [-0.15, -0.1) is 0 Å². The topological polar surface area (TPSA) is 74.1 Å². The number of nitrogens with zero attached hydrogens (tertiary/aromatic N) is 3. The van der Waals surface area contributed by atoms with E-state index in [0.717, 1.165) is 5.56 Å². The third-order valence-electron chi connectivity index (χ3n) is 4.32. The predicted molar refractivity (Wildman–Crippen MR) is 119 cm³/mol. The van der Waals surface area contributed by atoms with Gasteiger partial charge in [0.2, 0.25) is 14.9 Å². The third kappa shape index (κ3) is 4.69. The molecule has 1 aromatic heterocycles. The van der Waals surface area contributed by atoms with Gasteiger partial charge in [-0.3, -0.25) is 0 Å². The average Bonchev–Trinajstić information content (AvgIpc) is 3.20. The van der Waals surface area contributed by atoms with Crippen LogP contribution in [0.3, 0.4) is 0 Å². The van der Waals surface area contributed by atoms with Crippen molar-refractivity contribution >= 4 is 43.8 Å². The molecule has 2 aromatic carbocycles. The van der Waals surface area contributed by atoms with Crippen LogP contribution in [0.25, 0.3) is 10.8 Å². The maximum atomic E-state index is 13.5. The molecule has 0 N–H and O–H groups in total. The van der Waals surface area contributed by atoms with Gasteiger partial charge in [0.25, 0.3) is 0 Å². The van der Waals surface area contributed by atoms with E-state index in [2.05, 4.69) is 10.1 Å². The van der Waals surface area contributed by atoms with Crippen LogP contribution in [0.15, 0.2) is 61.2 Å². The van der Waals surface area contributed by atoms with Crippen LogP contribution in [0.2, 0.25) is 10.0 Å². The normalized spacial score (nSPS) is 13.1. The fourth-order valence-electron chi connectivity index (χ4n) is 2.59. The number of hydrogen-bond donors (Lipinski definition) is 0. The fraction of sp³-hybridized carbons (Fsp3) is 0.238. The Bertz CT molecular complexity index is 1150. The van der Waals surface area contributed by atoms with Crippen LogP contribution in [-0.2, 0) is 21.2 Å². The molecule has 0 spiro atoms. The van der Waals surface area contributed by atoms with Crippen molar-refractivity contribution in [3.05, 3.63) is 82.4 Å². The van der Waals surface area contributed by atoms with Crippen LogP contribution in [0.1, 0.15) is 31.9 Å². The molecule has 0 amide bonds. The maximum absolute atomic E-state index is 13.5. The second-order valence-corrected chi connectivity index (χ2v) is 10.9. The summed E-state index contributed by atoms with van der Waals surface area (Å²) in [6, 6.07) is 13.9. The van der Waals surface area contributed by atoms with Crippen LogP contribution >= 0.6 is 23.2 Å². The molecule has 6 nitrogen and oxygen atoms in total. The standard InChI is InChI=1S/C21H21Cl2N3O3S/c1-21(2,3)30(27,28)20(26-14-24-13-25-26)19(15-8-10-17(22)11-9-15)29-12-16-6-4-5-7-18(16)23/h4-11,13-14H,12H2,1-3H3/b20-19+. The van der Waals surface area contributed by atoms with E-state index in [1.807, 2.05) is 18.2 Å². The highest BCUT2D eigenvalue weighted by molar-refractivity contribution is 8.01. The summed E-state index contributed by atoms with van der Waals surface area (Å²) in [6.07, 6.45) is 2.60. The van der Waals surface area contributed by atoms with E-state index in [4.69, 9.17) is 27.9 Å². The van der Waals surface area contributed by atoms with Gasteiger partial charge in [-0.25, -0.2) is 18.1 Å². The Morgan fingerprint density at radius 2 is 1.73 bits per heavy atom. The molecule has 3 aromatic rings. The number of ether oxygens (including phenoxy) is 1. The molecule has 158 valence electrons. The number of rotatable bonds is 6. The Balaban J connectivity index is 2.24. The quantitative estimate of drug-likeness (QED) is 0.461. The summed E-state index contributed by atoms with van der Waals surface area (Å²) >= 11 is 12.3. The Morgan fingerprint density at radius 1 is 1.07 bits per heavy atom. The minimum absolute atomic E-state index is 0.0650. The first-order valence-electron chi connectivity index (χ1n) is 9.07. The van der Waals surface area contributed by atoms with Crippen molar-refractivity contribution in [2.45, 2.75) is 32.1 Å². The van der Waals surface area contributed by atoms with E-state index in [1.54, 1.807) is 51.1 Å². The van der Waals surface area contributed by atoms with Crippen LogP contribution in [0.4, 0.5) is 0 Å². The van der Waals surface area contributed by atoms with Crippen LogP contribution in [0.5, 0.6) is 0 Å². The van der Waals surface area contributed by atoms with Crippen LogP contribution in [0, 0.1) is 0 Å². The van der Waals surface area contributed by atoms with Gasteiger partial charge in [-0.05, 0) is 51.1 Å². The molecule has 0 aliphatic carbocycles. The van der Waals surface area contributed by atoms with Gasteiger partial charge in [0.15, 0.2) is 5.76 Å². The molecule has 0 bridgehead atoms. The molecule has 0 atom stereocenters. The van der Waals surface area contributed by atoms with E-state index >= 15 is 0 Å². The van der Waals surface area contributed by atoms with E-state index in [9.17, 15) is 8.42 Å². The highest BCUT2D eigenvalue weighted by Gasteiger charge is 2.38. The summed E-state index contributed by atoms with van der Waals surface area (Å²) in [5, 5.41) is 5.00. The molecule has 0 aliphatic rings. The van der Waals surface area contributed by atoms with Gasteiger partial charge in [0.1, 0.15) is 19.3 Å². The van der Waals surface area contributed by atoms with Crippen LogP contribution < -0.4 is 0 Å². The Kier molecular flexibility index (Phi) is 6.55. The van der Waals surface area contributed by atoms with Gasteiger partial charge in [0, 0.05) is 21.2 Å². The summed E-state index contributed by atoms with van der Waals surface area (Å²) in [5.41, 5.74) is 1.25. The Morgan fingerprint density at radius 3 is 2.30 bits per heavy atom. The second kappa shape index (κ2) is 8.79. The lowest BCUT2D eigenvalue weighted by Gasteiger charge is -2.24. The SMILES string of the molecule is CC(C)(C)S(=O)(=O)/C(=C(/OCc1ccccc1Cl)c1ccc(Cl)cc1)n1cncn1. The largest absolute Gasteiger partial charge is 0.485 e. The van der Waals surface area contributed by atoms with Crippen molar-refractivity contribution < 1.29 is 13.2 Å². The second-order valence-electron chi connectivity index (χ2n) is 7.48. The summed E-state index contributed by atoms with van der Waals surface area (Å²) in [5.74, 6) is 0.131. The fourth-order valence-corrected chi connectivity index (χ4v) is 4.25. The van der Waals surface area contributed by atoms with E-state index in [0.29, 0.717) is 15.6 Å². The monoisotopic (exact) mass is 465 g/mol. The lowest BCUT2D eigenvalue weighted by atomic mass is 10.2. The van der Waals surface area contributed by atoms with Crippen LogP contribution in [-0.4, -0.2) is 27.9 Å². The lowest BCUT2D eigenvalue weighted by Crippen LogP contribution is -2.31. The number of benzene rings is 2.